The van der Waals surface area contributed by atoms with Gasteiger partial charge in [0.05, 0.1) is 27.0 Å². The molecule has 66 heavy (non-hydrogen) atoms. The SMILES string of the molecule is Cc1cnccc1-c1cccc(C2CCCCN2)c1.Cc1cnccc1-c1cccc(C2CCCCN2S(=O)(=O)c2ccccc2C(F)(F)F)c1.Cl.O=S(=O)(Cl)c1ccccc1C(F)(F)F. The lowest BCUT2D eigenvalue weighted by Crippen LogP contribution is -2.39. The van der Waals surface area contributed by atoms with Crippen LogP contribution in [0.1, 0.15) is 84.0 Å². The van der Waals surface area contributed by atoms with Crippen LogP contribution >= 0.6 is 23.1 Å². The van der Waals surface area contributed by atoms with E-state index in [0.717, 1.165) is 59.5 Å². The predicted molar refractivity (Wildman–Crippen MR) is 247 cm³/mol. The number of aryl methyl sites for hydroxylation is 2. The maximum Gasteiger partial charge on any atom is 0.417 e. The number of hydrogen-bond acceptors (Lipinski definition) is 7. The summed E-state index contributed by atoms with van der Waals surface area (Å²) in [5.74, 6) is 0. The fourth-order valence-electron chi connectivity index (χ4n) is 8.06. The number of halogens is 8. The van der Waals surface area contributed by atoms with Gasteiger partial charge in [-0.15, -0.1) is 12.4 Å². The van der Waals surface area contributed by atoms with Crippen LogP contribution in [0.3, 0.4) is 0 Å². The quantitative estimate of drug-likeness (QED) is 0.125. The van der Waals surface area contributed by atoms with E-state index in [1.54, 1.807) is 12.4 Å². The van der Waals surface area contributed by atoms with Crippen LogP contribution in [0.5, 0.6) is 0 Å². The second kappa shape index (κ2) is 22.3. The average molecular weight is 994 g/mol. The molecule has 6 aromatic rings. The van der Waals surface area contributed by atoms with E-state index < -0.39 is 58.4 Å². The molecule has 4 aromatic carbocycles. The molecule has 8 nitrogen and oxygen atoms in total. The number of nitrogens with one attached hydrogen (secondary N) is 1. The van der Waals surface area contributed by atoms with Crippen molar-refractivity contribution in [3.8, 4) is 22.3 Å². The molecule has 2 aliphatic heterocycles. The van der Waals surface area contributed by atoms with Crippen molar-refractivity contribution in [3.63, 3.8) is 0 Å². The third-order valence-electron chi connectivity index (χ3n) is 11.2. The molecule has 2 aromatic heterocycles. The van der Waals surface area contributed by atoms with E-state index in [1.165, 1.54) is 64.0 Å². The fraction of sp³-hybridized carbons (Fsp3) is 0.292. The first-order valence-electron chi connectivity index (χ1n) is 20.8. The van der Waals surface area contributed by atoms with Gasteiger partial charge in [-0.2, -0.15) is 30.6 Å². The van der Waals surface area contributed by atoms with Crippen molar-refractivity contribution in [1.29, 1.82) is 0 Å². The topological polar surface area (TPSA) is 109 Å². The first-order valence-corrected chi connectivity index (χ1v) is 24.6. The molecule has 0 spiro atoms. The van der Waals surface area contributed by atoms with E-state index in [4.69, 9.17) is 10.7 Å². The maximum atomic E-state index is 13.6. The fourth-order valence-corrected chi connectivity index (χ4v) is 11.0. The average Bonchev–Trinajstić information content (AvgIpc) is 3.29. The van der Waals surface area contributed by atoms with Gasteiger partial charge in [0.25, 0.3) is 9.05 Å². The van der Waals surface area contributed by atoms with E-state index in [-0.39, 0.29) is 19.0 Å². The minimum Gasteiger partial charge on any atom is -0.310 e. The molecule has 0 bridgehead atoms. The van der Waals surface area contributed by atoms with Crippen molar-refractivity contribution >= 4 is 42.2 Å². The molecular formula is C48H48Cl2F6N4O4S2. The Bertz CT molecular complexity index is 2810. The Morgan fingerprint density at radius 2 is 1.12 bits per heavy atom. The summed E-state index contributed by atoms with van der Waals surface area (Å²) in [6.45, 7) is 5.38. The van der Waals surface area contributed by atoms with Crippen molar-refractivity contribution in [2.45, 2.75) is 86.6 Å². The van der Waals surface area contributed by atoms with Crippen LogP contribution in [-0.2, 0) is 31.4 Å². The van der Waals surface area contributed by atoms with Crippen LogP contribution in [0, 0.1) is 13.8 Å². The highest BCUT2D eigenvalue weighted by Crippen LogP contribution is 2.41. The van der Waals surface area contributed by atoms with Gasteiger partial charge in [0.1, 0.15) is 0 Å². The molecule has 2 unspecified atom stereocenters. The van der Waals surface area contributed by atoms with Crippen LogP contribution in [0.25, 0.3) is 22.3 Å². The number of hydrogen-bond donors (Lipinski definition) is 1. The van der Waals surface area contributed by atoms with E-state index in [1.807, 2.05) is 49.6 Å². The highest BCUT2D eigenvalue weighted by atomic mass is 35.7. The summed E-state index contributed by atoms with van der Waals surface area (Å²) in [5, 5.41) is 3.62. The van der Waals surface area contributed by atoms with E-state index >= 15 is 0 Å². The van der Waals surface area contributed by atoms with Crippen LogP contribution in [0.4, 0.5) is 26.3 Å². The van der Waals surface area contributed by atoms with Crippen molar-refractivity contribution in [1.82, 2.24) is 19.6 Å². The molecule has 0 radical (unpaired) electrons. The third kappa shape index (κ3) is 13.0. The molecule has 18 heteroatoms. The van der Waals surface area contributed by atoms with Gasteiger partial charge < -0.3 is 5.32 Å². The standard InChI is InChI=1S/C24H23F3N2O2S.C17H20N2.C7H4ClF3O2S.ClH/c1-17-16-28-13-12-20(17)18-7-6-8-19(15-18)22-10-4-5-14-29(22)32(30,31)23-11-3-2-9-21(23)24(25,26)27;1-13-12-18-10-8-16(13)14-5-4-6-15(11-14)17-7-2-3-9-19-17;8-14(12,13)6-4-2-1-3-5(6)7(9,10)11;/h2-3,6-9,11-13,15-16,22H,4-5,10,14H2,1H3;4-6,8,10-12,17,19H,2-3,7,9H2,1H3;1-4H;1H. The second-order valence-corrected chi connectivity index (χ2v) is 20.1. The summed E-state index contributed by atoms with van der Waals surface area (Å²) >= 11 is 0. The molecule has 352 valence electrons. The Morgan fingerprint density at radius 1 is 0.621 bits per heavy atom. The van der Waals surface area contributed by atoms with Gasteiger partial charge in [0.15, 0.2) is 0 Å². The maximum absolute atomic E-state index is 13.6. The summed E-state index contributed by atoms with van der Waals surface area (Å²) in [6, 6.07) is 28.6. The van der Waals surface area contributed by atoms with Crippen molar-refractivity contribution in [3.05, 3.63) is 167 Å². The molecule has 0 saturated carbocycles. The zero-order chi connectivity index (χ0) is 47.0. The largest absolute Gasteiger partial charge is 0.417 e. The molecule has 2 atom stereocenters. The molecule has 1 N–H and O–H groups in total. The van der Waals surface area contributed by atoms with Gasteiger partial charge in [-0.3, -0.25) is 9.97 Å². The van der Waals surface area contributed by atoms with Gasteiger partial charge in [-0.25, -0.2) is 16.8 Å². The molecule has 4 heterocycles. The first-order chi connectivity index (χ1) is 30.8. The highest BCUT2D eigenvalue weighted by Gasteiger charge is 2.42. The lowest BCUT2D eigenvalue weighted by atomic mass is 9.94. The number of piperidine rings is 2. The van der Waals surface area contributed by atoms with Crippen molar-refractivity contribution in [2.75, 3.05) is 13.1 Å². The summed E-state index contributed by atoms with van der Waals surface area (Å²) in [5.41, 5.74) is 6.49. The van der Waals surface area contributed by atoms with Crippen molar-refractivity contribution < 1.29 is 43.2 Å². The number of benzene rings is 4. The predicted octanol–water partition coefficient (Wildman–Crippen LogP) is 12.9. The van der Waals surface area contributed by atoms with Gasteiger partial charge >= 0.3 is 12.4 Å². The summed E-state index contributed by atoms with van der Waals surface area (Å²) in [6.07, 6.45) is 3.61. The van der Waals surface area contributed by atoms with Gasteiger partial charge in [-0.1, -0.05) is 73.5 Å². The molecule has 0 amide bonds. The number of rotatable bonds is 7. The van der Waals surface area contributed by atoms with E-state index in [9.17, 15) is 43.2 Å². The Hall–Kier alpha value is -4.84. The Balaban J connectivity index is 0.000000204. The van der Waals surface area contributed by atoms with Crippen LogP contribution in [0.2, 0.25) is 0 Å². The monoisotopic (exact) mass is 992 g/mol. The van der Waals surface area contributed by atoms with E-state index in [2.05, 4.69) is 52.5 Å². The van der Waals surface area contributed by atoms with Crippen LogP contribution < -0.4 is 5.32 Å². The van der Waals surface area contributed by atoms with Gasteiger partial charge in [0, 0.05) is 48.1 Å². The first kappa shape index (κ1) is 52.1. The third-order valence-corrected chi connectivity index (χ3v) is 14.6. The van der Waals surface area contributed by atoms with Crippen LogP contribution in [-0.4, -0.2) is 44.2 Å². The minimum absolute atomic E-state index is 0. The highest BCUT2D eigenvalue weighted by molar-refractivity contribution is 8.13. The molecule has 2 aliphatic rings. The number of alkyl halides is 6. The van der Waals surface area contributed by atoms with Crippen molar-refractivity contribution in [2.24, 2.45) is 0 Å². The Labute approximate surface area is 392 Å². The van der Waals surface area contributed by atoms with Crippen LogP contribution in [0.15, 0.2) is 144 Å². The zero-order valence-corrected chi connectivity index (χ0v) is 39.1. The van der Waals surface area contributed by atoms with E-state index in [0.29, 0.717) is 24.9 Å². The second-order valence-electron chi connectivity index (χ2n) is 15.7. The minimum atomic E-state index is -4.76. The van der Waals surface area contributed by atoms with Gasteiger partial charge in [0.2, 0.25) is 10.0 Å². The number of aromatic nitrogens is 2. The molecule has 2 fully saturated rings. The lowest BCUT2D eigenvalue weighted by molar-refractivity contribution is -0.140. The summed E-state index contributed by atoms with van der Waals surface area (Å²) in [7, 11) is -3.88. The number of sulfonamides is 1. The molecule has 8 rings (SSSR count). The molecule has 0 aliphatic carbocycles. The lowest BCUT2D eigenvalue weighted by Gasteiger charge is -2.35. The summed E-state index contributed by atoms with van der Waals surface area (Å²) < 4.78 is 127. The summed E-state index contributed by atoms with van der Waals surface area (Å²) in [4.78, 5) is 6.66. The normalized spacial score (nSPS) is 17.0. The smallest absolute Gasteiger partial charge is 0.310 e. The number of nitrogens with zero attached hydrogens (tertiary/aromatic N) is 3. The molecule has 2 saturated heterocycles. The zero-order valence-electron chi connectivity index (χ0n) is 35.9. The Kier molecular flexibility index (Phi) is 17.6. The Morgan fingerprint density at radius 3 is 1.62 bits per heavy atom. The van der Waals surface area contributed by atoms with Gasteiger partial charge in [-0.05, 0) is 139 Å². The number of pyridine rings is 2. The molecular weight excluding hydrogens is 946 g/mol.